The molecule has 0 aliphatic carbocycles. The first kappa shape index (κ1) is 34.2. The number of amides is 1. The number of nitrogens with zero attached hydrogens (tertiary/aromatic N) is 5. The highest BCUT2D eigenvalue weighted by atomic mass is 32.2. The molecule has 1 amide bonds. The number of anilines is 3. The number of fused-ring (bicyclic) bond motifs is 1. The first-order valence-electron chi connectivity index (χ1n) is 15.3. The number of aromatic nitrogens is 2. The van der Waals surface area contributed by atoms with Crippen LogP contribution in [0.2, 0.25) is 0 Å². The van der Waals surface area contributed by atoms with Crippen LogP contribution in [0.15, 0.2) is 41.3 Å². The zero-order valence-corrected chi connectivity index (χ0v) is 27.6. The normalized spacial score (nSPS) is 16.4. The van der Waals surface area contributed by atoms with E-state index in [1.807, 2.05) is 19.1 Å². The Hall–Kier alpha value is -4.12. The molecule has 0 spiro atoms. The van der Waals surface area contributed by atoms with Gasteiger partial charge >= 0.3 is 6.09 Å². The standard InChI is InChI=1S/C31H39F2N7O6S/c1-5-46-31(42)40-28-8-9-39(47(43,44)24-15-21(32)14-22(33)16-24)18-26(28)29(36-40)35-30(41)25-7-6-23(38-12-10-37(3)11-13-38)17-27(25)34-20(2)19-45-4/h6-7,14-17,20,34H,5,8-13,18-19H2,1-4H3,(H,35,36,41)/t20-/m0/s1. The third-order valence-electron chi connectivity index (χ3n) is 8.10. The summed E-state index contributed by atoms with van der Waals surface area (Å²) in [4.78, 5) is 30.6. The molecular weight excluding hydrogens is 636 g/mol. The predicted molar refractivity (Wildman–Crippen MR) is 171 cm³/mol. The summed E-state index contributed by atoms with van der Waals surface area (Å²) in [6, 6.07) is 7.40. The van der Waals surface area contributed by atoms with E-state index < -0.39 is 38.6 Å². The fraction of sp³-hybridized carbons (Fsp3) is 0.452. The molecule has 1 saturated heterocycles. The van der Waals surface area contributed by atoms with Crippen molar-refractivity contribution in [3.63, 3.8) is 0 Å². The van der Waals surface area contributed by atoms with Crippen LogP contribution in [0.4, 0.5) is 30.8 Å². The maximum Gasteiger partial charge on any atom is 0.434 e. The molecule has 13 nitrogen and oxygen atoms in total. The monoisotopic (exact) mass is 675 g/mol. The van der Waals surface area contributed by atoms with E-state index in [1.165, 1.54) is 0 Å². The molecule has 3 heterocycles. The fourth-order valence-electron chi connectivity index (χ4n) is 5.70. The Bertz CT molecular complexity index is 1720. The Labute approximate surface area is 272 Å². The summed E-state index contributed by atoms with van der Waals surface area (Å²) in [6.45, 7) is 7.04. The van der Waals surface area contributed by atoms with Crippen molar-refractivity contribution in [3.8, 4) is 0 Å². The predicted octanol–water partition coefficient (Wildman–Crippen LogP) is 3.36. The number of nitrogens with one attached hydrogen (secondary N) is 2. The number of benzene rings is 2. The molecule has 254 valence electrons. The van der Waals surface area contributed by atoms with Gasteiger partial charge in [-0.3, -0.25) is 4.79 Å². The number of likely N-dealkylation sites (N-methyl/N-ethyl adjacent to an activating group) is 1. The fourth-order valence-corrected chi connectivity index (χ4v) is 7.16. The summed E-state index contributed by atoms with van der Waals surface area (Å²) >= 11 is 0. The van der Waals surface area contributed by atoms with Gasteiger partial charge in [-0.1, -0.05) is 0 Å². The highest BCUT2D eigenvalue weighted by molar-refractivity contribution is 7.89. The van der Waals surface area contributed by atoms with Crippen LogP contribution in [0.25, 0.3) is 0 Å². The number of hydrogen-bond donors (Lipinski definition) is 2. The maximum atomic E-state index is 13.9. The first-order valence-corrected chi connectivity index (χ1v) is 16.7. The van der Waals surface area contributed by atoms with Crippen LogP contribution in [0.1, 0.15) is 35.5 Å². The highest BCUT2D eigenvalue weighted by Crippen LogP contribution is 2.32. The molecule has 0 saturated carbocycles. The van der Waals surface area contributed by atoms with Crippen LogP contribution >= 0.6 is 0 Å². The molecule has 1 aromatic heterocycles. The average Bonchev–Trinajstić information content (AvgIpc) is 3.38. The van der Waals surface area contributed by atoms with Crippen LogP contribution < -0.4 is 15.5 Å². The Morgan fingerprint density at radius 3 is 2.40 bits per heavy atom. The van der Waals surface area contributed by atoms with Crippen molar-refractivity contribution < 1.29 is 36.3 Å². The quantitative estimate of drug-likeness (QED) is 0.329. The lowest BCUT2D eigenvalue weighted by molar-refractivity contribution is 0.102. The van der Waals surface area contributed by atoms with Crippen LogP contribution in [-0.4, -0.2) is 106 Å². The van der Waals surface area contributed by atoms with Gasteiger partial charge in [-0.25, -0.2) is 22.0 Å². The topological polar surface area (TPSA) is 138 Å². The third-order valence-corrected chi connectivity index (χ3v) is 9.93. The van der Waals surface area contributed by atoms with Gasteiger partial charge < -0.3 is 29.9 Å². The van der Waals surface area contributed by atoms with E-state index in [0.29, 0.717) is 29.6 Å². The largest absolute Gasteiger partial charge is 0.448 e. The van der Waals surface area contributed by atoms with Crippen molar-refractivity contribution in [3.05, 3.63) is 64.9 Å². The molecule has 5 rings (SSSR count). The Balaban J connectivity index is 1.48. The lowest BCUT2D eigenvalue weighted by Crippen LogP contribution is -2.44. The zero-order valence-electron chi connectivity index (χ0n) is 26.8. The summed E-state index contributed by atoms with van der Waals surface area (Å²) in [7, 11) is -0.697. The second-order valence-corrected chi connectivity index (χ2v) is 13.5. The molecular formula is C31H39F2N7O6S. The molecule has 2 aliphatic rings. The third kappa shape index (κ3) is 7.56. The molecule has 16 heteroatoms. The molecule has 0 bridgehead atoms. The maximum absolute atomic E-state index is 13.9. The molecule has 2 aliphatic heterocycles. The van der Waals surface area contributed by atoms with Crippen LogP contribution in [-0.2, 0) is 32.5 Å². The smallest absolute Gasteiger partial charge is 0.434 e. The van der Waals surface area contributed by atoms with E-state index in [2.05, 4.69) is 32.6 Å². The molecule has 0 radical (unpaired) electrons. The number of halogens is 2. The zero-order chi connectivity index (χ0) is 33.9. The van der Waals surface area contributed by atoms with E-state index in [-0.39, 0.29) is 43.5 Å². The van der Waals surface area contributed by atoms with Gasteiger partial charge in [0.25, 0.3) is 5.91 Å². The number of methoxy groups -OCH3 is 1. The van der Waals surface area contributed by atoms with Gasteiger partial charge in [0.15, 0.2) is 5.82 Å². The number of ether oxygens (including phenoxy) is 2. The van der Waals surface area contributed by atoms with Crippen molar-refractivity contribution in [1.82, 2.24) is 19.0 Å². The number of carbonyl (C=O) groups is 2. The average molecular weight is 676 g/mol. The van der Waals surface area contributed by atoms with Crippen molar-refractivity contribution in [2.45, 2.75) is 37.8 Å². The van der Waals surface area contributed by atoms with Gasteiger partial charge in [-0.05, 0) is 51.2 Å². The summed E-state index contributed by atoms with van der Waals surface area (Å²) in [5, 5.41) is 10.5. The number of hydrogen-bond acceptors (Lipinski definition) is 10. The van der Waals surface area contributed by atoms with Gasteiger partial charge in [0.1, 0.15) is 11.6 Å². The molecule has 2 N–H and O–H groups in total. The lowest BCUT2D eigenvalue weighted by atomic mass is 10.1. The Morgan fingerprint density at radius 1 is 1.04 bits per heavy atom. The van der Waals surface area contributed by atoms with E-state index in [0.717, 1.165) is 53.0 Å². The van der Waals surface area contributed by atoms with Gasteiger partial charge in [0.2, 0.25) is 10.0 Å². The molecule has 1 fully saturated rings. The van der Waals surface area contributed by atoms with Gasteiger partial charge in [0.05, 0.1) is 29.4 Å². The lowest BCUT2D eigenvalue weighted by Gasteiger charge is -2.34. The summed E-state index contributed by atoms with van der Waals surface area (Å²) in [5.74, 6) is -2.66. The first-order chi connectivity index (χ1) is 22.4. The Kier molecular flexibility index (Phi) is 10.4. The van der Waals surface area contributed by atoms with E-state index in [1.54, 1.807) is 20.1 Å². The van der Waals surface area contributed by atoms with Gasteiger partial charge in [-0.2, -0.15) is 8.99 Å². The minimum Gasteiger partial charge on any atom is -0.448 e. The molecule has 0 unspecified atom stereocenters. The van der Waals surface area contributed by atoms with E-state index in [4.69, 9.17) is 9.47 Å². The summed E-state index contributed by atoms with van der Waals surface area (Å²) < 4.78 is 67.3. The molecule has 3 aromatic rings. The van der Waals surface area contributed by atoms with Gasteiger partial charge in [-0.15, -0.1) is 5.10 Å². The minimum absolute atomic E-state index is 0.0229. The van der Waals surface area contributed by atoms with Crippen LogP contribution in [0.3, 0.4) is 0 Å². The number of sulfonamides is 1. The highest BCUT2D eigenvalue weighted by Gasteiger charge is 2.35. The Morgan fingerprint density at radius 2 is 1.74 bits per heavy atom. The molecule has 2 aromatic carbocycles. The molecule has 47 heavy (non-hydrogen) atoms. The van der Waals surface area contributed by atoms with E-state index in [9.17, 15) is 26.8 Å². The summed E-state index contributed by atoms with van der Waals surface area (Å²) in [5.41, 5.74) is 2.41. The number of rotatable bonds is 10. The van der Waals surface area contributed by atoms with Crippen molar-refractivity contribution in [1.29, 1.82) is 0 Å². The second kappa shape index (κ2) is 14.3. The SMILES string of the molecule is CCOC(=O)n1nc(NC(=O)c2ccc(N3CCN(C)CC3)cc2N[C@@H](C)COC)c2c1CCN(S(=O)(=O)c1cc(F)cc(F)c1)C2. The van der Waals surface area contributed by atoms with Crippen molar-refractivity contribution in [2.75, 3.05) is 75.6 Å². The van der Waals surface area contributed by atoms with Crippen molar-refractivity contribution in [2.24, 2.45) is 0 Å². The van der Waals surface area contributed by atoms with Crippen LogP contribution in [0, 0.1) is 11.6 Å². The number of carbonyl (C=O) groups excluding carboxylic acids is 2. The minimum atomic E-state index is -4.36. The van der Waals surface area contributed by atoms with Gasteiger partial charge in [0, 0.05) is 81.8 Å². The van der Waals surface area contributed by atoms with Crippen LogP contribution in [0.5, 0.6) is 0 Å². The number of piperazine rings is 1. The summed E-state index contributed by atoms with van der Waals surface area (Å²) in [6.07, 6.45) is -0.769. The van der Waals surface area contributed by atoms with Crippen molar-refractivity contribution >= 4 is 39.2 Å². The molecule has 1 atom stereocenters. The second-order valence-electron chi connectivity index (χ2n) is 11.6. The van der Waals surface area contributed by atoms with E-state index >= 15 is 0 Å².